The minimum Gasteiger partial charge on any atom is -0.606 e. The molecule has 0 radical (unpaired) electrons. The molecule has 1 aliphatic rings. The fourth-order valence-electron chi connectivity index (χ4n) is 2.63. The van der Waals surface area contributed by atoms with E-state index in [0.29, 0.717) is 12.3 Å². The lowest BCUT2D eigenvalue weighted by molar-refractivity contribution is -0.107. The zero-order valence-electron chi connectivity index (χ0n) is 13.3. The molecule has 0 aliphatic carbocycles. The normalized spacial score (nSPS) is 15.4. The molecule has 0 fully saturated rings. The van der Waals surface area contributed by atoms with Crippen molar-refractivity contribution in [2.24, 2.45) is 0 Å². The fourth-order valence-corrected chi connectivity index (χ4v) is 4.06. The van der Waals surface area contributed by atoms with Gasteiger partial charge in [-0.3, -0.25) is 0 Å². The second-order valence-electron chi connectivity index (χ2n) is 5.61. The van der Waals surface area contributed by atoms with Crippen LogP contribution in [0.1, 0.15) is 49.8 Å². The van der Waals surface area contributed by atoms with Gasteiger partial charge in [0.2, 0.25) is 0 Å². The van der Waals surface area contributed by atoms with Crippen LogP contribution >= 0.6 is 0 Å². The van der Waals surface area contributed by atoms with E-state index in [0.717, 1.165) is 22.5 Å². The van der Waals surface area contributed by atoms with Gasteiger partial charge in [-0.05, 0) is 23.6 Å². The van der Waals surface area contributed by atoms with Crippen LogP contribution in [0.15, 0.2) is 52.3 Å². The summed E-state index contributed by atoms with van der Waals surface area (Å²) < 4.78 is 12.6. The van der Waals surface area contributed by atoms with E-state index in [4.69, 9.17) is 0 Å². The minimum absolute atomic E-state index is 0.474. The Morgan fingerprint density at radius 3 is 2.41 bits per heavy atom. The summed E-state index contributed by atoms with van der Waals surface area (Å²) in [6.07, 6.45) is 2.42. The van der Waals surface area contributed by atoms with Crippen molar-refractivity contribution in [3.8, 4) is 0 Å². The Morgan fingerprint density at radius 1 is 1.14 bits per heavy atom. The number of aldehydes is 1. The van der Waals surface area contributed by atoms with Crippen molar-refractivity contribution in [2.75, 3.05) is 0 Å². The largest absolute Gasteiger partial charge is 0.606 e. The Hall–Kier alpha value is -1.58. The van der Waals surface area contributed by atoms with Gasteiger partial charge in [0.25, 0.3) is 0 Å². The summed E-state index contributed by atoms with van der Waals surface area (Å²) in [5, 5.41) is 0. The average molecular weight is 314 g/mol. The first-order valence-corrected chi connectivity index (χ1v) is 8.80. The molecule has 1 atom stereocenters. The summed E-state index contributed by atoms with van der Waals surface area (Å²) >= 11 is -1.02. The van der Waals surface area contributed by atoms with Gasteiger partial charge in [0.15, 0.2) is 9.79 Å². The van der Waals surface area contributed by atoms with Crippen LogP contribution in [0.4, 0.5) is 0 Å². The molecule has 1 heterocycles. The van der Waals surface area contributed by atoms with Gasteiger partial charge in [-0.1, -0.05) is 51.1 Å². The molecule has 0 spiro atoms. The predicted octanol–water partition coefficient (Wildman–Crippen LogP) is 4.48. The van der Waals surface area contributed by atoms with Gasteiger partial charge in [-0.2, -0.15) is 0 Å². The zero-order valence-corrected chi connectivity index (χ0v) is 14.2. The Balaban J connectivity index is 0.000000396. The molecule has 1 aliphatic heterocycles. The lowest BCUT2D eigenvalue weighted by Crippen LogP contribution is -2.16. The van der Waals surface area contributed by atoms with E-state index in [1.165, 1.54) is 16.7 Å². The van der Waals surface area contributed by atoms with E-state index in [1.807, 2.05) is 37.3 Å². The first-order valence-electron chi connectivity index (χ1n) is 7.65. The van der Waals surface area contributed by atoms with Crippen molar-refractivity contribution in [3.05, 3.63) is 59.2 Å². The monoisotopic (exact) mass is 314 g/mol. The SMILES string of the molecule is CC(C)c1cccc2c1Cc1ccccc1[S+]2[O-].CCC=O. The van der Waals surface area contributed by atoms with Gasteiger partial charge >= 0.3 is 0 Å². The summed E-state index contributed by atoms with van der Waals surface area (Å²) in [7, 11) is 0. The molecule has 1 unspecified atom stereocenters. The van der Waals surface area contributed by atoms with Crippen molar-refractivity contribution in [2.45, 2.75) is 49.3 Å². The van der Waals surface area contributed by atoms with Crippen LogP contribution in [0.5, 0.6) is 0 Å². The first kappa shape index (κ1) is 16.8. The summed E-state index contributed by atoms with van der Waals surface area (Å²) in [6.45, 7) is 6.20. The second-order valence-corrected chi connectivity index (χ2v) is 7.02. The molecule has 0 amide bonds. The average Bonchev–Trinajstić information content (AvgIpc) is 2.55. The predicted molar refractivity (Wildman–Crippen MR) is 90.8 cm³/mol. The van der Waals surface area contributed by atoms with E-state index in [9.17, 15) is 9.35 Å². The highest BCUT2D eigenvalue weighted by Gasteiger charge is 2.29. The van der Waals surface area contributed by atoms with Crippen molar-refractivity contribution in [1.29, 1.82) is 0 Å². The number of carbonyl (C=O) groups excluding carboxylic acids is 1. The molecule has 2 nitrogen and oxygen atoms in total. The molecule has 0 N–H and O–H groups in total. The Bertz CT molecular complexity index is 650. The quantitative estimate of drug-likeness (QED) is 0.606. The third-order valence-corrected chi connectivity index (χ3v) is 5.28. The molecule has 22 heavy (non-hydrogen) atoms. The lowest BCUT2D eigenvalue weighted by atomic mass is 9.92. The maximum absolute atomic E-state index is 12.6. The Morgan fingerprint density at radius 2 is 1.77 bits per heavy atom. The number of hydrogen-bond donors (Lipinski definition) is 0. The fraction of sp³-hybridized carbons (Fsp3) is 0.316. The molecule has 0 bridgehead atoms. The Labute approximate surface area is 135 Å². The molecule has 0 saturated heterocycles. The van der Waals surface area contributed by atoms with Crippen LogP contribution in [0.3, 0.4) is 0 Å². The second kappa shape index (κ2) is 7.61. The van der Waals surface area contributed by atoms with Crippen molar-refractivity contribution >= 4 is 17.5 Å². The third kappa shape index (κ3) is 3.42. The van der Waals surface area contributed by atoms with Crippen LogP contribution in [0, 0.1) is 0 Å². The van der Waals surface area contributed by atoms with Gasteiger partial charge < -0.3 is 9.35 Å². The number of benzene rings is 2. The summed E-state index contributed by atoms with van der Waals surface area (Å²) in [5.74, 6) is 0.474. The minimum atomic E-state index is -1.02. The zero-order chi connectivity index (χ0) is 16.1. The summed E-state index contributed by atoms with van der Waals surface area (Å²) in [5.41, 5.74) is 3.80. The number of rotatable bonds is 2. The summed E-state index contributed by atoms with van der Waals surface area (Å²) in [4.78, 5) is 11.2. The van der Waals surface area contributed by atoms with Crippen LogP contribution < -0.4 is 0 Å². The molecular formula is C19H22O2S. The number of hydrogen-bond acceptors (Lipinski definition) is 2. The highest BCUT2D eigenvalue weighted by atomic mass is 32.2. The molecule has 3 heteroatoms. The Kier molecular flexibility index (Phi) is 5.81. The van der Waals surface area contributed by atoms with E-state index < -0.39 is 11.2 Å². The molecule has 2 aromatic carbocycles. The highest BCUT2D eigenvalue weighted by Crippen LogP contribution is 2.37. The molecule has 3 rings (SSSR count). The van der Waals surface area contributed by atoms with Gasteiger partial charge in [0.1, 0.15) is 6.29 Å². The van der Waals surface area contributed by atoms with Gasteiger partial charge in [0, 0.05) is 35.1 Å². The summed E-state index contributed by atoms with van der Waals surface area (Å²) in [6, 6.07) is 14.3. The van der Waals surface area contributed by atoms with E-state index in [-0.39, 0.29) is 0 Å². The van der Waals surface area contributed by atoms with Crippen molar-refractivity contribution in [3.63, 3.8) is 0 Å². The smallest absolute Gasteiger partial charge is 0.162 e. The van der Waals surface area contributed by atoms with Crippen molar-refractivity contribution in [1.82, 2.24) is 0 Å². The first-order chi connectivity index (χ1) is 10.6. The molecule has 2 aromatic rings. The lowest BCUT2D eigenvalue weighted by Gasteiger charge is -2.24. The standard InChI is InChI=1S/C16H16OS.C3H6O/c1-11(2)13-7-5-9-16-14(13)10-12-6-3-4-8-15(12)18(16)17;1-2-3-4/h3-9,11H,10H2,1-2H3;3H,2H2,1H3. The maximum atomic E-state index is 12.6. The van der Waals surface area contributed by atoms with Crippen LogP contribution in [0.2, 0.25) is 0 Å². The van der Waals surface area contributed by atoms with Gasteiger partial charge in [-0.25, -0.2) is 0 Å². The van der Waals surface area contributed by atoms with Crippen LogP contribution in [-0.4, -0.2) is 10.8 Å². The maximum Gasteiger partial charge on any atom is 0.162 e. The van der Waals surface area contributed by atoms with E-state index >= 15 is 0 Å². The number of fused-ring (bicyclic) bond motifs is 2. The molecule has 0 aromatic heterocycles. The van der Waals surface area contributed by atoms with Crippen LogP contribution in [0.25, 0.3) is 0 Å². The topological polar surface area (TPSA) is 40.1 Å². The highest BCUT2D eigenvalue weighted by molar-refractivity contribution is 7.91. The van der Waals surface area contributed by atoms with Crippen molar-refractivity contribution < 1.29 is 9.35 Å². The van der Waals surface area contributed by atoms with Crippen LogP contribution in [-0.2, 0) is 22.4 Å². The third-order valence-electron chi connectivity index (χ3n) is 3.70. The van der Waals surface area contributed by atoms with E-state index in [1.54, 1.807) is 0 Å². The molecule has 0 saturated carbocycles. The molecule has 116 valence electrons. The molecular weight excluding hydrogens is 292 g/mol. The van der Waals surface area contributed by atoms with E-state index in [2.05, 4.69) is 26.0 Å². The number of carbonyl (C=O) groups is 1. The van der Waals surface area contributed by atoms with Gasteiger partial charge in [-0.15, -0.1) is 0 Å². The van der Waals surface area contributed by atoms with Gasteiger partial charge in [0.05, 0.1) is 0 Å².